The predicted octanol–water partition coefficient (Wildman–Crippen LogP) is 5.60. The van der Waals surface area contributed by atoms with Gasteiger partial charge in [-0.15, -0.1) is 0 Å². The molecule has 0 aliphatic carbocycles. The molecule has 150 valence electrons. The van der Waals surface area contributed by atoms with Gasteiger partial charge in [-0.05, 0) is 48.5 Å². The Kier molecular flexibility index (Phi) is 5.41. The number of halogens is 1. The van der Waals surface area contributed by atoms with Crippen molar-refractivity contribution in [2.75, 3.05) is 17.7 Å². The molecule has 2 amide bonds. The van der Waals surface area contributed by atoms with Crippen molar-refractivity contribution < 1.29 is 18.7 Å². The van der Waals surface area contributed by atoms with Crippen LogP contribution in [0.3, 0.4) is 0 Å². The van der Waals surface area contributed by atoms with E-state index >= 15 is 0 Å². The van der Waals surface area contributed by atoms with Gasteiger partial charge in [0.15, 0.2) is 0 Å². The summed E-state index contributed by atoms with van der Waals surface area (Å²) in [6.45, 7) is 0. The first kappa shape index (κ1) is 19.5. The Bertz CT molecular complexity index is 1230. The van der Waals surface area contributed by atoms with Crippen LogP contribution in [0.15, 0.2) is 77.2 Å². The lowest BCUT2D eigenvalue weighted by molar-refractivity contribution is 0.0999. The first-order valence-corrected chi connectivity index (χ1v) is 9.47. The average Bonchev–Trinajstić information content (AvgIpc) is 3.13. The molecule has 4 aromatic rings. The van der Waals surface area contributed by atoms with Gasteiger partial charge in [0.2, 0.25) is 5.76 Å². The third kappa shape index (κ3) is 3.86. The summed E-state index contributed by atoms with van der Waals surface area (Å²) in [4.78, 5) is 25.7. The summed E-state index contributed by atoms with van der Waals surface area (Å²) in [5, 5.41) is 6.47. The zero-order valence-corrected chi connectivity index (χ0v) is 16.7. The Morgan fingerprint density at radius 3 is 2.30 bits per heavy atom. The SMILES string of the molecule is COc1ccc(NC(=O)c2oc3ccccc3c2NC(=O)c2ccccc2Cl)cc1. The van der Waals surface area contributed by atoms with Gasteiger partial charge in [-0.25, -0.2) is 0 Å². The molecule has 0 aliphatic heterocycles. The number of hydrogen-bond donors (Lipinski definition) is 2. The molecule has 0 aliphatic rings. The molecule has 0 unspecified atom stereocenters. The number of benzene rings is 3. The maximum Gasteiger partial charge on any atom is 0.293 e. The van der Waals surface area contributed by atoms with Gasteiger partial charge in [-0.2, -0.15) is 0 Å². The van der Waals surface area contributed by atoms with Crippen molar-refractivity contribution in [3.8, 4) is 5.75 Å². The van der Waals surface area contributed by atoms with E-state index in [9.17, 15) is 9.59 Å². The van der Waals surface area contributed by atoms with Gasteiger partial charge in [-0.3, -0.25) is 9.59 Å². The molecule has 0 saturated carbocycles. The summed E-state index contributed by atoms with van der Waals surface area (Å²) < 4.78 is 10.9. The molecule has 1 aromatic heterocycles. The van der Waals surface area contributed by atoms with Crippen LogP contribution in [0, 0.1) is 0 Å². The van der Waals surface area contributed by atoms with Crippen molar-refractivity contribution in [1.82, 2.24) is 0 Å². The van der Waals surface area contributed by atoms with Crippen molar-refractivity contribution in [1.29, 1.82) is 0 Å². The molecule has 6 nitrogen and oxygen atoms in total. The molecule has 7 heteroatoms. The van der Waals surface area contributed by atoms with Crippen LogP contribution in [0.2, 0.25) is 5.02 Å². The lowest BCUT2D eigenvalue weighted by atomic mass is 10.1. The van der Waals surface area contributed by atoms with Crippen molar-refractivity contribution in [2.45, 2.75) is 0 Å². The highest BCUT2D eigenvalue weighted by Crippen LogP contribution is 2.32. The van der Waals surface area contributed by atoms with E-state index in [-0.39, 0.29) is 11.4 Å². The van der Waals surface area contributed by atoms with E-state index in [0.717, 1.165) is 0 Å². The lowest BCUT2D eigenvalue weighted by Gasteiger charge is -2.09. The highest BCUT2D eigenvalue weighted by Gasteiger charge is 2.23. The van der Waals surface area contributed by atoms with Gasteiger partial charge in [0.25, 0.3) is 11.8 Å². The topological polar surface area (TPSA) is 80.6 Å². The predicted molar refractivity (Wildman–Crippen MR) is 117 cm³/mol. The van der Waals surface area contributed by atoms with Crippen molar-refractivity contribution >= 4 is 45.8 Å². The molecule has 1 heterocycles. The van der Waals surface area contributed by atoms with Gasteiger partial charge in [-0.1, -0.05) is 35.9 Å². The third-order valence-electron chi connectivity index (χ3n) is 4.51. The van der Waals surface area contributed by atoms with Gasteiger partial charge in [0, 0.05) is 11.1 Å². The number of carbonyl (C=O) groups is 2. The Hall–Kier alpha value is -3.77. The van der Waals surface area contributed by atoms with E-state index in [2.05, 4.69) is 10.6 Å². The second kappa shape index (κ2) is 8.31. The highest BCUT2D eigenvalue weighted by atomic mass is 35.5. The fourth-order valence-corrected chi connectivity index (χ4v) is 3.24. The van der Waals surface area contributed by atoms with Crippen LogP contribution in [-0.4, -0.2) is 18.9 Å². The van der Waals surface area contributed by atoms with Gasteiger partial charge in [0.05, 0.1) is 17.7 Å². The Labute approximate surface area is 177 Å². The molecular formula is C23H17ClN2O4. The van der Waals surface area contributed by atoms with Crippen LogP contribution in [0.4, 0.5) is 11.4 Å². The number of nitrogens with one attached hydrogen (secondary N) is 2. The number of para-hydroxylation sites is 1. The molecule has 0 radical (unpaired) electrons. The van der Waals surface area contributed by atoms with Crippen LogP contribution in [0.1, 0.15) is 20.9 Å². The number of methoxy groups -OCH3 is 1. The summed E-state index contributed by atoms with van der Waals surface area (Å²) in [6, 6.07) is 20.6. The lowest BCUT2D eigenvalue weighted by Crippen LogP contribution is -2.17. The molecule has 30 heavy (non-hydrogen) atoms. The van der Waals surface area contributed by atoms with Crippen LogP contribution < -0.4 is 15.4 Å². The summed E-state index contributed by atoms with van der Waals surface area (Å²) in [6.07, 6.45) is 0. The number of hydrogen-bond acceptors (Lipinski definition) is 4. The Balaban J connectivity index is 1.68. The first-order valence-electron chi connectivity index (χ1n) is 9.09. The number of ether oxygens (including phenoxy) is 1. The minimum absolute atomic E-state index is 0.00702. The van der Waals surface area contributed by atoms with Crippen molar-refractivity contribution in [2.24, 2.45) is 0 Å². The smallest absolute Gasteiger partial charge is 0.293 e. The molecule has 0 atom stereocenters. The Morgan fingerprint density at radius 2 is 1.57 bits per heavy atom. The highest BCUT2D eigenvalue weighted by molar-refractivity contribution is 6.34. The number of furan rings is 1. The van der Waals surface area contributed by atoms with Crippen molar-refractivity contribution in [3.05, 3.63) is 89.1 Å². The maximum absolute atomic E-state index is 12.9. The number of fused-ring (bicyclic) bond motifs is 1. The molecule has 4 rings (SSSR count). The molecule has 0 saturated heterocycles. The number of carbonyl (C=O) groups excluding carboxylic acids is 2. The van der Waals surface area contributed by atoms with Gasteiger partial charge >= 0.3 is 0 Å². The minimum Gasteiger partial charge on any atom is -0.497 e. The molecular weight excluding hydrogens is 404 g/mol. The summed E-state index contributed by atoms with van der Waals surface area (Å²) >= 11 is 6.14. The Morgan fingerprint density at radius 1 is 0.867 bits per heavy atom. The largest absolute Gasteiger partial charge is 0.497 e. The monoisotopic (exact) mass is 420 g/mol. The fourth-order valence-electron chi connectivity index (χ4n) is 3.02. The second-order valence-electron chi connectivity index (χ2n) is 6.42. The summed E-state index contributed by atoms with van der Waals surface area (Å²) in [5.41, 5.74) is 1.61. The number of rotatable bonds is 5. The maximum atomic E-state index is 12.9. The van der Waals surface area contributed by atoms with Crippen LogP contribution in [0.25, 0.3) is 11.0 Å². The molecule has 0 bridgehead atoms. The zero-order chi connectivity index (χ0) is 21.1. The minimum atomic E-state index is -0.495. The number of anilines is 2. The van der Waals surface area contributed by atoms with Gasteiger partial charge in [0.1, 0.15) is 17.0 Å². The van der Waals surface area contributed by atoms with Crippen LogP contribution >= 0.6 is 11.6 Å². The standard InChI is InChI=1S/C23H17ClN2O4/c1-29-15-12-10-14(11-13-15)25-23(28)21-20(17-7-3-5-9-19(17)30-21)26-22(27)16-6-2-4-8-18(16)24/h2-13H,1H3,(H,25,28)(H,26,27). The molecule has 3 aromatic carbocycles. The van der Waals surface area contributed by atoms with E-state index in [1.165, 1.54) is 0 Å². The quantitative estimate of drug-likeness (QED) is 0.440. The van der Waals surface area contributed by atoms with E-state index in [4.69, 9.17) is 20.8 Å². The third-order valence-corrected chi connectivity index (χ3v) is 4.84. The molecule has 2 N–H and O–H groups in total. The summed E-state index contributed by atoms with van der Waals surface area (Å²) in [5.74, 6) is -0.270. The normalized spacial score (nSPS) is 10.6. The molecule has 0 fully saturated rings. The van der Waals surface area contributed by atoms with E-state index in [0.29, 0.717) is 33.0 Å². The first-order chi connectivity index (χ1) is 14.6. The van der Waals surface area contributed by atoms with E-state index < -0.39 is 11.8 Å². The van der Waals surface area contributed by atoms with E-state index in [1.807, 2.05) is 0 Å². The average molecular weight is 421 g/mol. The van der Waals surface area contributed by atoms with E-state index in [1.54, 1.807) is 79.9 Å². The zero-order valence-electron chi connectivity index (χ0n) is 15.9. The number of amides is 2. The second-order valence-corrected chi connectivity index (χ2v) is 6.83. The molecule has 0 spiro atoms. The summed E-state index contributed by atoms with van der Waals surface area (Å²) in [7, 11) is 1.57. The van der Waals surface area contributed by atoms with Crippen LogP contribution in [-0.2, 0) is 0 Å². The van der Waals surface area contributed by atoms with Crippen molar-refractivity contribution in [3.63, 3.8) is 0 Å². The van der Waals surface area contributed by atoms with Crippen LogP contribution in [0.5, 0.6) is 5.75 Å². The van der Waals surface area contributed by atoms with Gasteiger partial charge < -0.3 is 19.8 Å². The fraction of sp³-hybridized carbons (Fsp3) is 0.0435.